The molecule has 6 nitrogen and oxygen atoms in total. The van der Waals surface area contributed by atoms with Gasteiger partial charge in [-0.3, -0.25) is 4.79 Å². The zero-order valence-electron chi connectivity index (χ0n) is 18.1. The number of halogens is 3. The lowest BCUT2D eigenvalue weighted by Gasteiger charge is -2.35. The summed E-state index contributed by atoms with van der Waals surface area (Å²) in [6.45, 7) is 2.53. The van der Waals surface area contributed by atoms with E-state index in [0.717, 1.165) is 28.2 Å². The average molecular weight is 513 g/mol. The van der Waals surface area contributed by atoms with Crippen molar-refractivity contribution in [2.24, 2.45) is 0 Å². The summed E-state index contributed by atoms with van der Waals surface area (Å²) in [5.41, 5.74) is 4.01. The first-order valence-corrected chi connectivity index (χ1v) is 12.0. The van der Waals surface area contributed by atoms with Crippen LogP contribution in [0.25, 0.3) is 22.3 Å². The minimum absolute atomic E-state index is 0.0921. The van der Waals surface area contributed by atoms with Crippen molar-refractivity contribution in [1.29, 1.82) is 0 Å². The highest BCUT2D eigenvalue weighted by molar-refractivity contribution is 6.42. The Morgan fingerprint density at radius 3 is 2.47 bits per heavy atom. The van der Waals surface area contributed by atoms with Crippen molar-refractivity contribution in [2.75, 3.05) is 31.1 Å². The van der Waals surface area contributed by atoms with E-state index in [0.29, 0.717) is 53.2 Å². The van der Waals surface area contributed by atoms with Crippen molar-refractivity contribution in [3.05, 3.63) is 81.6 Å². The fourth-order valence-corrected chi connectivity index (χ4v) is 4.59. The predicted molar refractivity (Wildman–Crippen MR) is 137 cm³/mol. The lowest BCUT2D eigenvalue weighted by Crippen LogP contribution is -2.49. The number of amides is 1. The predicted octanol–water partition coefficient (Wildman–Crippen LogP) is 5.54. The van der Waals surface area contributed by atoms with Gasteiger partial charge in [-0.25, -0.2) is 15.0 Å². The van der Waals surface area contributed by atoms with E-state index in [4.69, 9.17) is 39.8 Å². The van der Waals surface area contributed by atoms with Crippen molar-refractivity contribution in [3.8, 4) is 11.3 Å². The zero-order chi connectivity index (χ0) is 23.7. The second-order valence-corrected chi connectivity index (χ2v) is 9.32. The number of aromatic nitrogens is 3. The molecule has 9 heteroatoms. The molecule has 0 bridgehead atoms. The summed E-state index contributed by atoms with van der Waals surface area (Å²) in [7, 11) is 0. The average Bonchev–Trinajstić information content (AvgIpc) is 2.85. The molecular weight excluding hydrogens is 493 g/mol. The first kappa shape index (κ1) is 22.8. The highest BCUT2D eigenvalue weighted by atomic mass is 35.5. The van der Waals surface area contributed by atoms with Crippen molar-refractivity contribution >= 4 is 57.6 Å². The molecule has 1 amide bonds. The quantitative estimate of drug-likeness (QED) is 0.359. The fourth-order valence-electron chi connectivity index (χ4n) is 4.08. The van der Waals surface area contributed by atoms with Gasteiger partial charge in [0.05, 0.1) is 27.7 Å². The minimum atomic E-state index is 0.0921. The summed E-state index contributed by atoms with van der Waals surface area (Å²) < 4.78 is 0. The molecule has 34 heavy (non-hydrogen) atoms. The molecule has 0 aliphatic carbocycles. The van der Waals surface area contributed by atoms with Crippen LogP contribution in [0.2, 0.25) is 15.1 Å². The number of nitrogens with zero attached hydrogens (tertiary/aromatic N) is 5. The van der Waals surface area contributed by atoms with Gasteiger partial charge < -0.3 is 9.80 Å². The van der Waals surface area contributed by atoms with E-state index in [9.17, 15) is 4.79 Å². The van der Waals surface area contributed by atoms with Crippen LogP contribution in [-0.2, 0) is 11.2 Å². The van der Waals surface area contributed by atoms with Crippen LogP contribution in [0, 0.1) is 0 Å². The maximum absolute atomic E-state index is 12.8. The van der Waals surface area contributed by atoms with Crippen molar-refractivity contribution in [3.63, 3.8) is 0 Å². The van der Waals surface area contributed by atoms with Gasteiger partial charge in [-0.2, -0.15) is 0 Å². The molecule has 3 heterocycles. The summed E-state index contributed by atoms with van der Waals surface area (Å²) in [4.78, 5) is 30.6. The van der Waals surface area contributed by atoms with E-state index in [2.05, 4.69) is 14.9 Å². The fraction of sp³-hybridized carbons (Fsp3) is 0.200. The molecule has 0 saturated carbocycles. The maximum atomic E-state index is 12.8. The summed E-state index contributed by atoms with van der Waals surface area (Å²) in [6.07, 6.45) is 1.89. The summed E-state index contributed by atoms with van der Waals surface area (Å²) in [5.74, 6) is 0.850. The van der Waals surface area contributed by atoms with Crippen LogP contribution in [0.1, 0.15) is 5.56 Å². The van der Waals surface area contributed by atoms with Gasteiger partial charge >= 0.3 is 0 Å². The van der Waals surface area contributed by atoms with Crippen LogP contribution in [0.15, 0.2) is 60.9 Å². The lowest BCUT2D eigenvalue weighted by molar-refractivity contribution is -0.130. The number of pyridine rings is 1. The Morgan fingerprint density at radius 1 is 0.882 bits per heavy atom. The third-order valence-electron chi connectivity index (χ3n) is 5.85. The SMILES string of the molecule is O=C(Cc1cccc(Cl)c1)N1CCN(c2ncnc3ccc(-c4ccc(Cl)c(Cl)c4)nc23)CC1. The van der Waals surface area contributed by atoms with E-state index in [1.165, 1.54) is 0 Å². The number of anilines is 1. The Bertz CT molecular complexity index is 1370. The van der Waals surface area contributed by atoms with Crippen LogP contribution in [0.4, 0.5) is 5.82 Å². The first-order valence-electron chi connectivity index (χ1n) is 10.8. The number of piperazine rings is 1. The standard InChI is InChI=1S/C25H20Cl3N5O/c26-18-3-1-2-16(12-18)13-23(34)32-8-10-33(11-9-32)25-24-22(29-15-30-25)7-6-21(31-24)17-4-5-19(27)20(28)14-17/h1-7,12,14-15H,8-11,13H2. The van der Waals surface area contributed by atoms with E-state index in [1.807, 2.05) is 41.3 Å². The molecule has 0 atom stereocenters. The van der Waals surface area contributed by atoms with Crippen LogP contribution < -0.4 is 4.90 Å². The summed E-state index contributed by atoms with van der Waals surface area (Å²) >= 11 is 18.3. The van der Waals surface area contributed by atoms with Gasteiger partial charge in [-0.05, 0) is 42.0 Å². The topological polar surface area (TPSA) is 62.2 Å². The molecule has 0 N–H and O–H groups in total. The number of carbonyl (C=O) groups excluding carboxylic acids is 1. The largest absolute Gasteiger partial charge is 0.351 e. The molecule has 4 aromatic rings. The van der Waals surface area contributed by atoms with Gasteiger partial charge in [0.2, 0.25) is 5.91 Å². The van der Waals surface area contributed by atoms with Crippen LogP contribution >= 0.6 is 34.8 Å². The Hall–Kier alpha value is -2.93. The molecule has 1 aliphatic heterocycles. The summed E-state index contributed by atoms with van der Waals surface area (Å²) in [6, 6.07) is 16.7. The Kier molecular flexibility index (Phi) is 6.55. The third-order valence-corrected chi connectivity index (χ3v) is 6.83. The zero-order valence-corrected chi connectivity index (χ0v) is 20.4. The second kappa shape index (κ2) is 9.74. The molecule has 2 aromatic heterocycles. The molecule has 0 spiro atoms. The molecule has 2 aromatic carbocycles. The van der Waals surface area contributed by atoms with Gasteiger partial charge in [0.15, 0.2) is 5.82 Å². The monoisotopic (exact) mass is 511 g/mol. The highest BCUT2D eigenvalue weighted by Crippen LogP contribution is 2.30. The van der Waals surface area contributed by atoms with E-state index in [1.54, 1.807) is 24.5 Å². The van der Waals surface area contributed by atoms with Gasteiger partial charge in [0.1, 0.15) is 11.8 Å². The third kappa shape index (κ3) is 4.80. The molecule has 5 rings (SSSR count). The molecular formula is C25H20Cl3N5O. The Balaban J connectivity index is 1.34. The van der Waals surface area contributed by atoms with Gasteiger partial charge in [-0.1, -0.05) is 53.0 Å². The van der Waals surface area contributed by atoms with Crippen LogP contribution in [0.5, 0.6) is 0 Å². The number of fused-ring (bicyclic) bond motifs is 1. The number of carbonyl (C=O) groups is 1. The Morgan fingerprint density at radius 2 is 1.71 bits per heavy atom. The number of rotatable bonds is 4. The number of benzene rings is 2. The van der Waals surface area contributed by atoms with E-state index in [-0.39, 0.29) is 5.91 Å². The number of hydrogen-bond donors (Lipinski definition) is 0. The molecule has 1 saturated heterocycles. The van der Waals surface area contributed by atoms with Crippen LogP contribution in [-0.4, -0.2) is 51.9 Å². The van der Waals surface area contributed by atoms with Crippen molar-refractivity contribution in [1.82, 2.24) is 19.9 Å². The normalized spacial score (nSPS) is 14.0. The lowest BCUT2D eigenvalue weighted by atomic mass is 10.1. The van der Waals surface area contributed by atoms with E-state index < -0.39 is 0 Å². The molecule has 1 aliphatic rings. The second-order valence-electron chi connectivity index (χ2n) is 8.06. The molecule has 0 radical (unpaired) electrons. The molecule has 0 unspecified atom stereocenters. The smallest absolute Gasteiger partial charge is 0.227 e. The molecule has 172 valence electrons. The van der Waals surface area contributed by atoms with Crippen molar-refractivity contribution < 1.29 is 4.79 Å². The number of hydrogen-bond acceptors (Lipinski definition) is 5. The van der Waals surface area contributed by atoms with Gasteiger partial charge in [-0.15, -0.1) is 0 Å². The van der Waals surface area contributed by atoms with Crippen LogP contribution in [0.3, 0.4) is 0 Å². The summed E-state index contributed by atoms with van der Waals surface area (Å²) in [5, 5.41) is 1.61. The molecule has 1 fully saturated rings. The van der Waals surface area contributed by atoms with Crippen molar-refractivity contribution in [2.45, 2.75) is 6.42 Å². The van der Waals surface area contributed by atoms with E-state index >= 15 is 0 Å². The highest BCUT2D eigenvalue weighted by Gasteiger charge is 2.24. The minimum Gasteiger partial charge on any atom is -0.351 e. The van der Waals surface area contributed by atoms with Gasteiger partial charge in [0, 0.05) is 36.8 Å². The first-order chi connectivity index (χ1) is 16.5. The van der Waals surface area contributed by atoms with Gasteiger partial charge in [0.25, 0.3) is 0 Å². The maximum Gasteiger partial charge on any atom is 0.227 e. The Labute approximate surface area is 212 Å².